The Hall–Kier alpha value is -3.72. The largest absolute Gasteiger partial charge is 0.508 e. The third kappa shape index (κ3) is 6.88. The van der Waals surface area contributed by atoms with Gasteiger partial charge in [-0.3, -0.25) is 9.59 Å². The van der Waals surface area contributed by atoms with Gasteiger partial charge in [0, 0.05) is 17.5 Å². The second kappa shape index (κ2) is 11.8. The number of carbonyl (C=O) groups is 3. The number of hydrogen-bond donors (Lipinski definition) is 4. The van der Waals surface area contributed by atoms with E-state index >= 15 is 0 Å². The van der Waals surface area contributed by atoms with Crippen LogP contribution in [0.15, 0.2) is 60.7 Å². The van der Waals surface area contributed by atoms with Crippen LogP contribution in [-0.2, 0) is 14.3 Å². The van der Waals surface area contributed by atoms with E-state index in [4.69, 9.17) is 4.74 Å². The Bertz CT molecular complexity index is 1420. The summed E-state index contributed by atoms with van der Waals surface area (Å²) < 4.78 is 5.37. The molecule has 212 valence electrons. The van der Waals surface area contributed by atoms with Gasteiger partial charge in [-0.1, -0.05) is 43.3 Å². The molecule has 4 rings (SSSR count). The second-order valence-corrected chi connectivity index (χ2v) is 11.8. The number of phenols is 1. The lowest BCUT2D eigenvalue weighted by Gasteiger charge is -2.35. The van der Waals surface area contributed by atoms with Crippen molar-refractivity contribution in [3.63, 3.8) is 0 Å². The summed E-state index contributed by atoms with van der Waals surface area (Å²) in [6, 6.07) is 16.1. The molecule has 3 aromatic carbocycles. The summed E-state index contributed by atoms with van der Waals surface area (Å²) in [4.78, 5) is 42.3. The lowest BCUT2D eigenvalue weighted by Crippen LogP contribution is -2.54. The molecule has 9 heteroatoms. The summed E-state index contributed by atoms with van der Waals surface area (Å²) in [6.07, 6.45) is -0.0183. The van der Waals surface area contributed by atoms with E-state index in [-0.39, 0.29) is 23.5 Å². The minimum absolute atomic E-state index is 0.0172. The van der Waals surface area contributed by atoms with Crippen LogP contribution in [0, 0.1) is 12.8 Å². The average molecular weight is 564 g/mol. The Morgan fingerprint density at radius 1 is 1.07 bits per heavy atom. The Morgan fingerprint density at radius 3 is 2.35 bits per heavy atom. The molecule has 8 nitrogen and oxygen atoms in total. The highest BCUT2D eigenvalue weighted by molar-refractivity contribution is 7.80. The maximum absolute atomic E-state index is 14.1. The summed E-state index contributed by atoms with van der Waals surface area (Å²) in [5.41, 5.74) is 0.981. The van der Waals surface area contributed by atoms with Gasteiger partial charge in [0.15, 0.2) is 0 Å². The molecule has 3 N–H and O–H groups in total. The minimum atomic E-state index is -1.02. The summed E-state index contributed by atoms with van der Waals surface area (Å²) in [5.74, 6) is -0.554. The average Bonchev–Trinajstić information content (AvgIpc) is 3.61. The number of benzene rings is 3. The van der Waals surface area contributed by atoms with E-state index < -0.39 is 35.6 Å². The molecule has 0 spiro atoms. The third-order valence-corrected chi connectivity index (χ3v) is 7.30. The highest BCUT2D eigenvalue weighted by Gasteiger charge is 2.48. The molecular formula is C31H37N3O5S. The predicted molar refractivity (Wildman–Crippen MR) is 160 cm³/mol. The van der Waals surface area contributed by atoms with Crippen LogP contribution in [0.3, 0.4) is 0 Å². The first-order valence-corrected chi connectivity index (χ1v) is 14.0. The maximum atomic E-state index is 14.1. The Morgan fingerprint density at radius 2 is 1.75 bits per heavy atom. The summed E-state index contributed by atoms with van der Waals surface area (Å²) in [5, 5.41) is 17.8. The number of rotatable bonds is 8. The molecule has 3 aromatic rings. The first-order valence-electron chi connectivity index (χ1n) is 13.4. The van der Waals surface area contributed by atoms with Crippen LogP contribution in [0.4, 0.5) is 10.5 Å². The van der Waals surface area contributed by atoms with E-state index in [0.29, 0.717) is 23.2 Å². The standard InChI is InChI=1S/C31H37N3O5S/c1-18-15-25(18)34(29(37)24(17-40)33-30(38)39-31(3,4)5)27(22-11-13-26(35)19(2)14-22)28(36)32-23-12-10-20-8-6-7-9-21(20)16-23/h6-14,16,18,24-25,27,35,40H,15,17H2,1-5H3,(H,32,36)(H,33,38). The number of anilines is 1. The number of nitrogens with zero attached hydrogens (tertiary/aromatic N) is 1. The number of phenolic OH excluding ortho intramolecular Hbond substituents is 1. The van der Waals surface area contributed by atoms with Gasteiger partial charge >= 0.3 is 6.09 Å². The van der Waals surface area contributed by atoms with Crippen LogP contribution in [0.2, 0.25) is 0 Å². The summed E-state index contributed by atoms with van der Waals surface area (Å²) >= 11 is 4.35. The fourth-order valence-electron chi connectivity index (χ4n) is 4.75. The molecule has 1 fully saturated rings. The van der Waals surface area contributed by atoms with E-state index in [2.05, 4.69) is 23.3 Å². The Labute approximate surface area is 240 Å². The van der Waals surface area contributed by atoms with Crippen molar-refractivity contribution in [1.82, 2.24) is 10.2 Å². The van der Waals surface area contributed by atoms with Crippen LogP contribution in [0.25, 0.3) is 10.8 Å². The zero-order valence-electron chi connectivity index (χ0n) is 23.5. The lowest BCUT2D eigenvalue weighted by molar-refractivity contribution is -0.141. The van der Waals surface area contributed by atoms with Crippen LogP contribution >= 0.6 is 12.6 Å². The number of nitrogens with one attached hydrogen (secondary N) is 2. The molecule has 0 radical (unpaired) electrons. The summed E-state index contributed by atoms with van der Waals surface area (Å²) in [7, 11) is 0. The predicted octanol–water partition coefficient (Wildman–Crippen LogP) is 5.59. The van der Waals surface area contributed by atoms with E-state index in [0.717, 1.165) is 10.8 Å². The van der Waals surface area contributed by atoms with Gasteiger partial charge in [-0.2, -0.15) is 12.6 Å². The molecule has 40 heavy (non-hydrogen) atoms. The molecule has 4 unspecified atom stereocenters. The molecule has 1 saturated carbocycles. The van der Waals surface area contributed by atoms with Crippen LogP contribution in [0.1, 0.15) is 51.3 Å². The SMILES string of the molecule is Cc1cc(C(C(=O)Nc2ccc3ccccc3c2)N(C(=O)C(CS)NC(=O)OC(C)(C)C)C2CC2C)ccc1O. The van der Waals surface area contributed by atoms with Crippen LogP contribution in [-0.4, -0.2) is 51.4 Å². The molecular weight excluding hydrogens is 526 g/mol. The zero-order chi connectivity index (χ0) is 29.2. The normalized spacial score (nSPS) is 17.9. The first-order chi connectivity index (χ1) is 18.9. The van der Waals surface area contributed by atoms with E-state index in [9.17, 15) is 19.5 Å². The van der Waals surface area contributed by atoms with Crippen molar-refractivity contribution in [3.8, 4) is 5.75 Å². The number of carbonyl (C=O) groups excluding carboxylic acids is 3. The van der Waals surface area contributed by atoms with Crippen molar-refractivity contribution in [2.45, 2.75) is 64.8 Å². The number of fused-ring (bicyclic) bond motifs is 1. The lowest BCUT2D eigenvalue weighted by atomic mass is 9.99. The highest BCUT2D eigenvalue weighted by atomic mass is 32.1. The summed E-state index contributed by atoms with van der Waals surface area (Å²) in [6.45, 7) is 8.97. The van der Waals surface area contributed by atoms with Gasteiger partial charge in [-0.15, -0.1) is 0 Å². The number of aromatic hydroxyl groups is 1. The van der Waals surface area contributed by atoms with Gasteiger partial charge < -0.3 is 25.4 Å². The smallest absolute Gasteiger partial charge is 0.408 e. The van der Waals surface area contributed by atoms with Gasteiger partial charge in [-0.05, 0) is 86.2 Å². The third-order valence-electron chi connectivity index (χ3n) is 6.93. The van der Waals surface area contributed by atoms with E-state index in [1.54, 1.807) is 44.7 Å². The van der Waals surface area contributed by atoms with Gasteiger partial charge in [0.25, 0.3) is 5.91 Å². The molecule has 0 aromatic heterocycles. The second-order valence-electron chi connectivity index (χ2n) is 11.4. The zero-order valence-corrected chi connectivity index (χ0v) is 24.4. The van der Waals surface area contributed by atoms with Crippen molar-refractivity contribution >= 4 is 47.0 Å². The molecule has 1 aliphatic rings. The van der Waals surface area contributed by atoms with Crippen molar-refractivity contribution < 1.29 is 24.2 Å². The quantitative estimate of drug-likeness (QED) is 0.267. The van der Waals surface area contributed by atoms with Crippen LogP contribution in [0.5, 0.6) is 5.75 Å². The minimum Gasteiger partial charge on any atom is -0.508 e. The number of alkyl carbamates (subject to hydrolysis) is 1. The fourth-order valence-corrected chi connectivity index (χ4v) is 5.00. The Kier molecular flexibility index (Phi) is 8.63. The highest BCUT2D eigenvalue weighted by Crippen LogP contribution is 2.41. The number of thiol groups is 1. The van der Waals surface area contributed by atoms with Gasteiger partial charge in [0.1, 0.15) is 23.4 Å². The molecule has 0 heterocycles. The van der Waals surface area contributed by atoms with Crippen molar-refractivity contribution in [1.29, 1.82) is 0 Å². The molecule has 0 saturated heterocycles. The number of amides is 3. The van der Waals surface area contributed by atoms with Crippen molar-refractivity contribution in [3.05, 3.63) is 71.8 Å². The maximum Gasteiger partial charge on any atom is 0.408 e. The molecule has 1 aliphatic carbocycles. The fraction of sp³-hybridized carbons (Fsp3) is 0.387. The molecule has 0 bridgehead atoms. The molecule has 0 aliphatic heterocycles. The van der Waals surface area contributed by atoms with E-state index in [1.807, 2.05) is 49.4 Å². The monoisotopic (exact) mass is 563 g/mol. The molecule has 4 atom stereocenters. The van der Waals surface area contributed by atoms with Crippen LogP contribution < -0.4 is 10.6 Å². The topological polar surface area (TPSA) is 108 Å². The number of aryl methyl sites for hydroxylation is 1. The number of hydrogen-bond acceptors (Lipinski definition) is 6. The first kappa shape index (κ1) is 29.3. The van der Waals surface area contributed by atoms with Crippen molar-refractivity contribution in [2.24, 2.45) is 5.92 Å². The Balaban J connectivity index is 1.71. The van der Waals surface area contributed by atoms with E-state index in [1.165, 1.54) is 6.07 Å². The van der Waals surface area contributed by atoms with Crippen molar-refractivity contribution in [2.75, 3.05) is 11.1 Å². The molecule has 3 amide bonds. The number of ether oxygens (including phenoxy) is 1. The van der Waals surface area contributed by atoms with Gasteiger partial charge in [0.2, 0.25) is 5.91 Å². The van der Waals surface area contributed by atoms with Gasteiger partial charge in [0.05, 0.1) is 0 Å². The van der Waals surface area contributed by atoms with Gasteiger partial charge in [-0.25, -0.2) is 4.79 Å².